The normalized spacial score (nSPS) is 25.6. The SMILES string of the molecule is CC(C)C1CCN(CC2(C(=O)O)CCCCCC2)CC1. The average Bonchev–Trinajstić information content (AvgIpc) is 2.66. The number of carboxylic acid groups (broad SMARTS) is 1. The lowest BCUT2D eigenvalue weighted by Crippen LogP contribution is -2.46. The number of piperidine rings is 1. The molecule has 116 valence electrons. The minimum Gasteiger partial charge on any atom is -0.481 e. The molecule has 0 atom stereocenters. The molecule has 0 aromatic rings. The molecular weight excluding hydrogens is 250 g/mol. The highest BCUT2D eigenvalue weighted by Gasteiger charge is 2.40. The smallest absolute Gasteiger partial charge is 0.310 e. The van der Waals surface area contributed by atoms with Gasteiger partial charge in [0.15, 0.2) is 0 Å². The minimum absolute atomic E-state index is 0.457. The Morgan fingerprint density at radius 1 is 1.15 bits per heavy atom. The van der Waals surface area contributed by atoms with Crippen LogP contribution in [0.3, 0.4) is 0 Å². The van der Waals surface area contributed by atoms with E-state index < -0.39 is 11.4 Å². The lowest BCUT2D eigenvalue weighted by atomic mass is 9.78. The third-order valence-corrected chi connectivity index (χ3v) is 5.62. The van der Waals surface area contributed by atoms with Gasteiger partial charge in [0.1, 0.15) is 0 Å². The molecule has 1 aliphatic carbocycles. The van der Waals surface area contributed by atoms with Gasteiger partial charge in [0, 0.05) is 6.54 Å². The summed E-state index contributed by atoms with van der Waals surface area (Å²) >= 11 is 0. The van der Waals surface area contributed by atoms with Crippen LogP contribution in [0.1, 0.15) is 65.2 Å². The molecule has 0 unspecified atom stereocenters. The summed E-state index contributed by atoms with van der Waals surface area (Å²) in [5.41, 5.74) is -0.457. The number of hydrogen-bond acceptors (Lipinski definition) is 2. The Hall–Kier alpha value is -0.570. The van der Waals surface area contributed by atoms with Gasteiger partial charge >= 0.3 is 5.97 Å². The Bertz CT molecular complexity index is 311. The van der Waals surface area contributed by atoms with E-state index in [9.17, 15) is 9.90 Å². The molecular formula is C17H31NO2. The molecule has 3 nitrogen and oxygen atoms in total. The second-order valence-electron chi connectivity index (χ2n) is 7.36. The van der Waals surface area contributed by atoms with Crippen LogP contribution in [-0.2, 0) is 4.79 Å². The highest BCUT2D eigenvalue weighted by molar-refractivity contribution is 5.75. The fraction of sp³-hybridized carbons (Fsp3) is 0.941. The maximum atomic E-state index is 11.8. The van der Waals surface area contributed by atoms with Crippen LogP contribution >= 0.6 is 0 Å². The van der Waals surface area contributed by atoms with Gasteiger partial charge in [-0.25, -0.2) is 0 Å². The lowest BCUT2D eigenvalue weighted by Gasteiger charge is -2.39. The van der Waals surface area contributed by atoms with Crippen LogP contribution in [0.5, 0.6) is 0 Å². The average molecular weight is 281 g/mol. The predicted molar refractivity (Wildman–Crippen MR) is 81.8 cm³/mol. The van der Waals surface area contributed by atoms with E-state index in [0.29, 0.717) is 0 Å². The summed E-state index contributed by atoms with van der Waals surface area (Å²) in [6.45, 7) is 7.59. The van der Waals surface area contributed by atoms with Gasteiger partial charge in [-0.15, -0.1) is 0 Å². The van der Waals surface area contributed by atoms with Gasteiger partial charge in [0.2, 0.25) is 0 Å². The quantitative estimate of drug-likeness (QED) is 0.797. The first-order valence-corrected chi connectivity index (χ1v) is 8.49. The fourth-order valence-corrected chi connectivity index (χ4v) is 4.05. The number of hydrogen-bond donors (Lipinski definition) is 1. The molecule has 2 fully saturated rings. The first-order valence-electron chi connectivity index (χ1n) is 8.49. The Kier molecular flexibility index (Phi) is 5.48. The van der Waals surface area contributed by atoms with Crippen LogP contribution in [0.2, 0.25) is 0 Å². The van der Waals surface area contributed by atoms with Crippen molar-refractivity contribution in [3.8, 4) is 0 Å². The van der Waals surface area contributed by atoms with Crippen molar-refractivity contribution < 1.29 is 9.90 Å². The van der Waals surface area contributed by atoms with Crippen molar-refractivity contribution in [1.82, 2.24) is 4.90 Å². The molecule has 2 aliphatic rings. The molecule has 1 aliphatic heterocycles. The van der Waals surface area contributed by atoms with Gasteiger partial charge in [-0.05, 0) is 50.6 Å². The van der Waals surface area contributed by atoms with Crippen molar-refractivity contribution in [3.63, 3.8) is 0 Å². The first kappa shape index (κ1) is 15.8. The summed E-state index contributed by atoms with van der Waals surface area (Å²) in [4.78, 5) is 14.3. The highest BCUT2D eigenvalue weighted by Crippen LogP contribution is 2.37. The standard InChI is InChI=1S/C17H31NO2/c1-14(2)15-7-11-18(12-8-15)13-17(16(19)20)9-5-3-4-6-10-17/h14-15H,3-13H2,1-2H3,(H,19,20). The Labute approximate surface area is 123 Å². The maximum absolute atomic E-state index is 11.8. The van der Waals surface area contributed by atoms with Gasteiger partial charge in [-0.2, -0.15) is 0 Å². The van der Waals surface area contributed by atoms with Crippen molar-refractivity contribution in [2.45, 2.75) is 65.2 Å². The Balaban J connectivity index is 1.94. The third-order valence-electron chi connectivity index (χ3n) is 5.62. The van der Waals surface area contributed by atoms with E-state index in [1.54, 1.807) is 0 Å². The number of likely N-dealkylation sites (tertiary alicyclic amines) is 1. The predicted octanol–water partition coefficient (Wildman–Crippen LogP) is 3.78. The van der Waals surface area contributed by atoms with E-state index in [2.05, 4.69) is 18.7 Å². The van der Waals surface area contributed by atoms with Crippen LogP contribution in [-0.4, -0.2) is 35.6 Å². The number of rotatable bonds is 4. The molecule has 1 heterocycles. The fourth-order valence-electron chi connectivity index (χ4n) is 4.05. The van der Waals surface area contributed by atoms with E-state index in [1.807, 2.05) is 0 Å². The molecule has 3 heteroatoms. The van der Waals surface area contributed by atoms with Crippen LogP contribution in [0.15, 0.2) is 0 Å². The molecule has 1 saturated heterocycles. The number of carbonyl (C=O) groups is 1. The maximum Gasteiger partial charge on any atom is 0.310 e. The van der Waals surface area contributed by atoms with E-state index >= 15 is 0 Å². The van der Waals surface area contributed by atoms with Gasteiger partial charge in [0.25, 0.3) is 0 Å². The number of nitrogens with zero attached hydrogens (tertiary/aromatic N) is 1. The second-order valence-corrected chi connectivity index (χ2v) is 7.36. The molecule has 0 amide bonds. The topological polar surface area (TPSA) is 40.5 Å². The molecule has 2 rings (SSSR count). The van der Waals surface area contributed by atoms with Gasteiger partial charge in [0.05, 0.1) is 5.41 Å². The van der Waals surface area contributed by atoms with E-state index in [0.717, 1.165) is 57.2 Å². The summed E-state index contributed by atoms with van der Waals surface area (Å²) in [5, 5.41) is 9.76. The van der Waals surface area contributed by atoms with Crippen molar-refractivity contribution in [1.29, 1.82) is 0 Å². The number of carboxylic acids is 1. The van der Waals surface area contributed by atoms with Gasteiger partial charge in [-0.3, -0.25) is 4.79 Å². The van der Waals surface area contributed by atoms with Crippen LogP contribution < -0.4 is 0 Å². The van der Waals surface area contributed by atoms with E-state index in [4.69, 9.17) is 0 Å². The van der Waals surface area contributed by atoms with Crippen molar-refractivity contribution in [2.75, 3.05) is 19.6 Å². The second kappa shape index (κ2) is 6.93. The molecule has 0 radical (unpaired) electrons. The molecule has 0 spiro atoms. The zero-order chi connectivity index (χ0) is 14.6. The molecule has 0 aromatic heterocycles. The summed E-state index contributed by atoms with van der Waals surface area (Å²) in [7, 11) is 0. The summed E-state index contributed by atoms with van der Waals surface area (Å²) < 4.78 is 0. The van der Waals surface area contributed by atoms with E-state index in [1.165, 1.54) is 25.7 Å². The zero-order valence-electron chi connectivity index (χ0n) is 13.2. The molecule has 1 saturated carbocycles. The van der Waals surface area contributed by atoms with Crippen molar-refractivity contribution in [2.24, 2.45) is 17.3 Å². The van der Waals surface area contributed by atoms with Crippen LogP contribution in [0, 0.1) is 17.3 Å². The molecule has 0 aromatic carbocycles. The van der Waals surface area contributed by atoms with Gasteiger partial charge < -0.3 is 10.0 Å². The van der Waals surface area contributed by atoms with Crippen LogP contribution in [0.25, 0.3) is 0 Å². The molecule has 0 bridgehead atoms. The molecule has 20 heavy (non-hydrogen) atoms. The number of aliphatic carboxylic acids is 1. The van der Waals surface area contributed by atoms with E-state index in [-0.39, 0.29) is 0 Å². The Morgan fingerprint density at radius 3 is 2.15 bits per heavy atom. The Morgan fingerprint density at radius 2 is 1.70 bits per heavy atom. The molecule has 1 N–H and O–H groups in total. The lowest BCUT2D eigenvalue weighted by molar-refractivity contribution is -0.151. The third kappa shape index (κ3) is 3.75. The highest BCUT2D eigenvalue weighted by atomic mass is 16.4. The largest absolute Gasteiger partial charge is 0.481 e. The zero-order valence-corrected chi connectivity index (χ0v) is 13.2. The summed E-state index contributed by atoms with van der Waals surface area (Å²) in [6, 6.07) is 0. The monoisotopic (exact) mass is 281 g/mol. The first-order chi connectivity index (χ1) is 9.53. The summed E-state index contributed by atoms with van der Waals surface area (Å²) in [5.74, 6) is 1.05. The van der Waals surface area contributed by atoms with Gasteiger partial charge in [-0.1, -0.05) is 39.5 Å². The van der Waals surface area contributed by atoms with Crippen LogP contribution in [0.4, 0.5) is 0 Å². The van der Waals surface area contributed by atoms with Crippen molar-refractivity contribution >= 4 is 5.97 Å². The summed E-state index contributed by atoms with van der Waals surface area (Å²) in [6.07, 6.45) is 8.86. The minimum atomic E-state index is -0.551. The van der Waals surface area contributed by atoms with Crippen molar-refractivity contribution in [3.05, 3.63) is 0 Å².